The third kappa shape index (κ3) is 3.56. The van der Waals surface area contributed by atoms with Crippen molar-refractivity contribution in [1.29, 1.82) is 0 Å². The fourth-order valence-corrected chi connectivity index (χ4v) is 2.29. The molecule has 1 aromatic rings. The van der Waals surface area contributed by atoms with Crippen molar-refractivity contribution in [2.24, 2.45) is 5.92 Å². The average Bonchev–Trinajstić information content (AvgIpc) is 2.69. The lowest BCUT2D eigenvalue weighted by Crippen LogP contribution is -2.44. The number of hydrogen-bond acceptors (Lipinski definition) is 2. The Morgan fingerprint density at radius 2 is 2.00 bits per heavy atom. The number of amides is 2. The van der Waals surface area contributed by atoms with Gasteiger partial charge in [0.05, 0.1) is 11.6 Å². The van der Waals surface area contributed by atoms with Crippen LogP contribution < -0.4 is 10.2 Å². The molecule has 6 heteroatoms. The second-order valence-corrected chi connectivity index (χ2v) is 6.24. The Balaban J connectivity index is 2.14. The van der Waals surface area contributed by atoms with Crippen LogP contribution in [0.15, 0.2) is 18.2 Å². The molecule has 4 nitrogen and oxygen atoms in total. The number of anilines is 1. The molecule has 1 heterocycles. The smallest absolute Gasteiger partial charge is 0.227 e. The number of carbonyl (C=O) groups excluding carboxylic acids is 2. The van der Waals surface area contributed by atoms with E-state index in [1.807, 2.05) is 20.8 Å². The second kappa shape index (κ2) is 5.42. The number of nitrogens with zero attached hydrogens (tertiary/aromatic N) is 1. The lowest BCUT2D eigenvalue weighted by atomic mass is 10.0. The highest BCUT2D eigenvalue weighted by Crippen LogP contribution is 2.28. The first-order valence-electron chi connectivity index (χ1n) is 6.75. The van der Waals surface area contributed by atoms with Crippen LogP contribution in [-0.4, -0.2) is 23.9 Å². The molecule has 1 atom stereocenters. The molecule has 0 saturated carbocycles. The maximum atomic E-state index is 13.7. The number of nitrogens with one attached hydrogen (secondary N) is 1. The van der Waals surface area contributed by atoms with Crippen molar-refractivity contribution in [3.8, 4) is 0 Å². The Hall–Kier alpha value is -1.98. The average molecular weight is 296 g/mol. The van der Waals surface area contributed by atoms with Crippen LogP contribution in [0.1, 0.15) is 27.2 Å². The first-order valence-corrected chi connectivity index (χ1v) is 6.75. The summed E-state index contributed by atoms with van der Waals surface area (Å²) in [4.78, 5) is 25.3. The fraction of sp³-hybridized carbons (Fsp3) is 0.467. The largest absolute Gasteiger partial charge is 0.351 e. The molecule has 0 bridgehead atoms. The van der Waals surface area contributed by atoms with Gasteiger partial charge in [0, 0.05) is 24.6 Å². The second-order valence-electron chi connectivity index (χ2n) is 6.24. The van der Waals surface area contributed by atoms with E-state index in [1.54, 1.807) is 0 Å². The van der Waals surface area contributed by atoms with Crippen molar-refractivity contribution in [2.45, 2.75) is 32.7 Å². The molecule has 0 spiro atoms. The predicted molar refractivity (Wildman–Crippen MR) is 74.7 cm³/mol. The Labute approximate surface area is 122 Å². The van der Waals surface area contributed by atoms with Gasteiger partial charge in [-0.1, -0.05) is 0 Å². The maximum Gasteiger partial charge on any atom is 0.227 e. The standard InChI is InChI=1S/C15H18F2N2O2/c1-15(2,3)18-14(21)9-6-13(20)19(8-9)12-5-4-10(16)7-11(12)17/h4-5,7,9H,6,8H2,1-3H3,(H,18,21)/t9-/m0/s1. The molecule has 0 aromatic heterocycles. The highest BCUT2D eigenvalue weighted by atomic mass is 19.1. The van der Waals surface area contributed by atoms with Gasteiger partial charge in [0.2, 0.25) is 11.8 Å². The van der Waals surface area contributed by atoms with Crippen molar-refractivity contribution in [3.63, 3.8) is 0 Å². The molecular formula is C15H18F2N2O2. The number of hydrogen-bond donors (Lipinski definition) is 1. The molecule has 1 N–H and O–H groups in total. The van der Waals surface area contributed by atoms with Gasteiger partial charge in [-0.3, -0.25) is 9.59 Å². The summed E-state index contributed by atoms with van der Waals surface area (Å²) in [5.41, 5.74) is -0.387. The molecule has 0 aliphatic carbocycles. The first kappa shape index (κ1) is 15.4. The maximum absolute atomic E-state index is 13.7. The van der Waals surface area contributed by atoms with Crippen molar-refractivity contribution in [3.05, 3.63) is 29.8 Å². The lowest BCUT2D eigenvalue weighted by Gasteiger charge is -2.23. The monoisotopic (exact) mass is 296 g/mol. The molecule has 21 heavy (non-hydrogen) atoms. The van der Waals surface area contributed by atoms with E-state index in [9.17, 15) is 18.4 Å². The van der Waals surface area contributed by atoms with E-state index >= 15 is 0 Å². The third-order valence-corrected chi connectivity index (χ3v) is 3.19. The quantitative estimate of drug-likeness (QED) is 0.910. The van der Waals surface area contributed by atoms with Crippen LogP contribution in [0.3, 0.4) is 0 Å². The van der Waals surface area contributed by atoms with Gasteiger partial charge in [-0.15, -0.1) is 0 Å². The molecule has 0 unspecified atom stereocenters. The highest BCUT2D eigenvalue weighted by molar-refractivity contribution is 6.00. The minimum atomic E-state index is -0.805. The van der Waals surface area contributed by atoms with Gasteiger partial charge in [-0.05, 0) is 32.9 Å². The van der Waals surface area contributed by atoms with Crippen LogP contribution in [0, 0.1) is 17.6 Å². The van der Waals surface area contributed by atoms with E-state index in [4.69, 9.17) is 0 Å². The number of carbonyl (C=O) groups is 2. The van der Waals surface area contributed by atoms with Crippen molar-refractivity contribution in [2.75, 3.05) is 11.4 Å². The van der Waals surface area contributed by atoms with Crippen LogP contribution in [0.25, 0.3) is 0 Å². The minimum absolute atomic E-state index is 0.00691. The third-order valence-electron chi connectivity index (χ3n) is 3.19. The zero-order valence-corrected chi connectivity index (χ0v) is 12.2. The van der Waals surface area contributed by atoms with E-state index in [0.717, 1.165) is 12.1 Å². The van der Waals surface area contributed by atoms with E-state index in [2.05, 4.69) is 5.32 Å². The van der Waals surface area contributed by atoms with Crippen LogP contribution in [0.5, 0.6) is 0 Å². The van der Waals surface area contributed by atoms with Crippen LogP contribution in [0.2, 0.25) is 0 Å². The summed E-state index contributed by atoms with van der Waals surface area (Å²) in [6.45, 7) is 5.64. The van der Waals surface area contributed by atoms with E-state index in [1.165, 1.54) is 11.0 Å². The molecule has 1 aromatic carbocycles. The summed E-state index contributed by atoms with van der Waals surface area (Å²) in [6, 6.07) is 3.03. The lowest BCUT2D eigenvalue weighted by molar-refractivity contribution is -0.127. The molecular weight excluding hydrogens is 278 g/mol. The molecule has 1 fully saturated rings. The zero-order chi connectivity index (χ0) is 15.8. The molecule has 1 saturated heterocycles. The Morgan fingerprint density at radius 1 is 1.33 bits per heavy atom. The normalized spacial score (nSPS) is 19.0. The van der Waals surface area contributed by atoms with Crippen molar-refractivity contribution >= 4 is 17.5 Å². The highest BCUT2D eigenvalue weighted by Gasteiger charge is 2.37. The SMILES string of the molecule is CC(C)(C)NC(=O)[C@H]1CC(=O)N(c2ccc(F)cc2F)C1. The Kier molecular flexibility index (Phi) is 3.98. The summed E-state index contributed by atoms with van der Waals surface area (Å²) < 4.78 is 26.7. The Bertz CT molecular complexity index is 582. The van der Waals surface area contributed by atoms with Gasteiger partial charge in [0.1, 0.15) is 11.6 Å². The van der Waals surface area contributed by atoms with Crippen molar-refractivity contribution < 1.29 is 18.4 Å². The Morgan fingerprint density at radius 3 is 2.57 bits per heavy atom. The number of benzene rings is 1. The summed E-state index contributed by atoms with van der Waals surface area (Å²) in [6.07, 6.45) is 0.0265. The van der Waals surface area contributed by atoms with Gasteiger partial charge in [0.15, 0.2) is 0 Å². The van der Waals surface area contributed by atoms with Crippen LogP contribution in [-0.2, 0) is 9.59 Å². The van der Waals surface area contributed by atoms with Gasteiger partial charge < -0.3 is 10.2 Å². The molecule has 2 amide bonds. The topological polar surface area (TPSA) is 49.4 Å². The van der Waals surface area contributed by atoms with E-state index in [0.29, 0.717) is 0 Å². The predicted octanol–water partition coefficient (Wildman–Crippen LogP) is 2.23. The first-order chi connectivity index (χ1) is 9.67. The summed E-state index contributed by atoms with van der Waals surface area (Å²) in [5, 5.41) is 2.81. The van der Waals surface area contributed by atoms with Crippen LogP contribution in [0.4, 0.5) is 14.5 Å². The summed E-state index contributed by atoms with van der Waals surface area (Å²) in [5.74, 6) is -2.61. The van der Waals surface area contributed by atoms with Gasteiger partial charge in [-0.2, -0.15) is 0 Å². The molecule has 0 radical (unpaired) electrons. The van der Waals surface area contributed by atoms with Crippen molar-refractivity contribution in [1.82, 2.24) is 5.32 Å². The summed E-state index contributed by atoms with van der Waals surface area (Å²) in [7, 11) is 0. The molecule has 2 rings (SSSR count). The van der Waals surface area contributed by atoms with Gasteiger partial charge >= 0.3 is 0 Å². The van der Waals surface area contributed by atoms with Crippen LogP contribution >= 0.6 is 0 Å². The molecule has 1 aliphatic rings. The van der Waals surface area contributed by atoms with Gasteiger partial charge in [-0.25, -0.2) is 8.78 Å². The number of halogens is 2. The zero-order valence-electron chi connectivity index (χ0n) is 12.2. The van der Waals surface area contributed by atoms with Gasteiger partial charge in [0.25, 0.3) is 0 Å². The number of rotatable bonds is 2. The molecule has 1 aliphatic heterocycles. The van der Waals surface area contributed by atoms with E-state index < -0.39 is 23.1 Å². The molecule has 114 valence electrons. The summed E-state index contributed by atoms with van der Waals surface area (Å²) >= 11 is 0. The van der Waals surface area contributed by atoms with E-state index in [-0.39, 0.29) is 30.5 Å². The fourth-order valence-electron chi connectivity index (χ4n) is 2.29. The minimum Gasteiger partial charge on any atom is -0.351 e.